The Hall–Kier alpha value is -2.98. The Balaban J connectivity index is 1.33. The molecule has 6 rings (SSSR count). The van der Waals surface area contributed by atoms with Gasteiger partial charge in [0.1, 0.15) is 13.2 Å². The van der Waals surface area contributed by atoms with Crippen LogP contribution in [0, 0.1) is 0 Å². The number of ether oxygens (including phenoxy) is 3. The molecule has 1 N–H and O–H groups in total. The van der Waals surface area contributed by atoms with Crippen LogP contribution >= 0.6 is 0 Å². The van der Waals surface area contributed by atoms with Gasteiger partial charge in [0.25, 0.3) is 5.56 Å². The van der Waals surface area contributed by atoms with E-state index in [4.69, 9.17) is 14.2 Å². The van der Waals surface area contributed by atoms with E-state index >= 15 is 0 Å². The van der Waals surface area contributed by atoms with Crippen LogP contribution in [-0.2, 0) is 11.3 Å². The highest BCUT2D eigenvalue weighted by Crippen LogP contribution is 2.35. The molecule has 10 nitrogen and oxygen atoms in total. The Kier molecular flexibility index (Phi) is 7.10. The molecule has 0 bridgehead atoms. The summed E-state index contributed by atoms with van der Waals surface area (Å²) >= 11 is 0. The van der Waals surface area contributed by atoms with Crippen molar-refractivity contribution in [1.82, 2.24) is 30.1 Å². The smallest absolute Gasteiger partial charge is 0.252 e. The van der Waals surface area contributed by atoms with E-state index in [1.54, 1.807) is 0 Å². The SMILES string of the molecule is CCC(c1nnnn1C1CCCCC1)N(Cc1cc2cc3c(cc2[nH]c1=O)OCCO3)CC1CCCO1. The number of aromatic amines is 1. The van der Waals surface area contributed by atoms with Gasteiger partial charge in [-0.05, 0) is 54.7 Å². The lowest BCUT2D eigenvalue weighted by molar-refractivity contribution is 0.0481. The molecule has 10 heteroatoms. The number of nitrogens with zero attached hydrogens (tertiary/aromatic N) is 5. The molecule has 37 heavy (non-hydrogen) atoms. The molecule has 0 spiro atoms. The average Bonchev–Trinajstić information content (AvgIpc) is 3.62. The van der Waals surface area contributed by atoms with Gasteiger partial charge in [-0.2, -0.15) is 0 Å². The molecule has 0 amide bonds. The van der Waals surface area contributed by atoms with Crippen LogP contribution < -0.4 is 15.0 Å². The third-order valence-electron chi connectivity index (χ3n) is 7.98. The summed E-state index contributed by atoms with van der Waals surface area (Å²) in [5.74, 6) is 2.28. The Labute approximate surface area is 216 Å². The van der Waals surface area contributed by atoms with Crippen molar-refractivity contribution in [3.8, 4) is 11.5 Å². The van der Waals surface area contributed by atoms with Gasteiger partial charge in [-0.3, -0.25) is 9.69 Å². The van der Waals surface area contributed by atoms with E-state index in [1.807, 2.05) is 18.2 Å². The van der Waals surface area contributed by atoms with Crippen LogP contribution in [-0.4, -0.2) is 62.6 Å². The molecule has 4 heterocycles. The lowest BCUT2D eigenvalue weighted by Crippen LogP contribution is -2.38. The fraction of sp³-hybridized carbons (Fsp3) is 0.630. The summed E-state index contributed by atoms with van der Waals surface area (Å²) in [6, 6.07) is 6.11. The molecule has 0 radical (unpaired) electrons. The van der Waals surface area contributed by atoms with Crippen molar-refractivity contribution in [2.75, 3.05) is 26.4 Å². The number of aromatic nitrogens is 5. The molecule has 2 fully saturated rings. The van der Waals surface area contributed by atoms with E-state index < -0.39 is 0 Å². The van der Waals surface area contributed by atoms with E-state index in [0.29, 0.717) is 42.9 Å². The van der Waals surface area contributed by atoms with Gasteiger partial charge in [-0.1, -0.05) is 26.2 Å². The minimum absolute atomic E-state index is 0.0171. The van der Waals surface area contributed by atoms with Crippen LogP contribution in [0.15, 0.2) is 23.0 Å². The van der Waals surface area contributed by atoms with E-state index in [2.05, 4.69) is 37.0 Å². The zero-order valence-corrected chi connectivity index (χ0v) is 21.5. The van der Waals surface area contributed by atoms with Crippen molar-refractivity contribution in [3.05, 3.63) is 39.9 Å². The maximum atomic E-state index is 13.3. The summed E-state index contributed by atoms with van der Waals surface area (Å²) in [4.78, 5) is 18.7. The number of H-pyrrole nitrogens is 1. The van der Waals surface area contributed by atoms with Crippen LogP contribution in [0.4, 0.5) is 0 Å². The molecule has 1 saturated heterocycles. The molecule has 198 valence electrons. The topological polar surface area (TPSA) is 107 Å². The molecular weight excluding hydrogens is 472 g/mol. The number of pyridine rings is 1. The molecule has 2 aromatic heterocycles. The van der Waals surface area contributed by atoms with Crippen molar-refractivity contribution >= 4 is 10.9 Å². The first-order chi connectivity index (χ1) is 18.2. The van der Waals surface area contributed by atoms with E-state index in [0.717, 1.165) is 62.0 Å². The van der Waals surface area contributed by atoms with Gasteiger partial charge >= 0.3 is 0 Å². The average molecular weight is 509 g/mol. The number of benzene rings is 1. The maximum Gasteiger partial charge on any atom is 0.252 e. The van der Waals surface area contributed by atoms with Crippen LogP contribution in [0.2, 0.25) is 0 Å². The summed E-state index contributed by atoms with van der Waals surface area (Å²) < 4.78 is 19.6. The highest BCUT2D eigenvalue weighted by molar-refractivity contribution is 5.83. The first kappa shape index (κ1) is 24.4. The first-order valence-electron chi connectivity index (χ1n) is 13.8. The van der Waals surface area contributed by atoms with Gasteiger partial charge in [-0.15, -0.1) is 5.10 Å². The minimum Gasteiger partial charge on any atom is -0.486 e. The lowest BCUT2D eigenvalue weighted by atomic mass is 9.95. The van der Waals surface area contributed by atoms with Gasteiger partial charge in [-0.25, -0.2) is 4.68 Å². The van der Waals surface area contributed by atoms with E-state index in [9.17, 15) is 4.79 Å². The zero-order chi connectivity index (χ0) is 25.2. The number of hydrogen-bond acceptors (Lipinski definition) is 8. The fourth-order valence-corrected chi connectivity index (χ4v) is 6.09. The highest BCUT2D eigenvalue weighted by atomic mass is 16.6. The quantitative estimate of drug-likeness (QED) is 0.488. The second-order valence-electron chi connectivity index (χ2n) is 10.5. The molecule has 3 aliphatic rings. The zero-order valence-electron chi connectivity index (χ0n) is 21.5. The summed E-state index contributed by atoms with van der Waals surface area (Å²) in [5, 5.41) is 14.0. The lowest BCUT2D eigenvalue weighted by Gasteiger charge is -2.33. The van der Waals surface area contributed by atoms with Crippen molar-refractivity contribution in [2.45, 2.75) is 83.0 Å². The standard InChI is InChI=1S/C27H36N6O4/c1-2-23(26-29-30-31-33(26)20-7-4-3-5-8-20)32(17-21-9-6-10-35-21)16-19-13-18-14-24-25(37-12-11-36-24)15-22(18)28-27(19)34/h13-15,20-21,23H,2-12,16-17H2,1H3,(H,28,34). The van der Waals surface area contributed by atoms with Crippen LogP contribution in [0.3, 0.4) is 0 Å². The molecule has 2 unspecified atom stereocenters. The largest absolute Gasteiger partial charge is 0.486 e. The predicted octanol–water partition coefficient (Wildman–Crippen LogP) is 3.92. The third kappa shape index (κ3) is 5.09. The summed E-state index contributed by atoms with van der Waals surface area (Å²) in [6.07, 6.45) is 9.01. The predicted molar refractivity (Wildman–Crippen MR) is 138 cm³/mol. The number of hydrogen-bond donors (Lipinski definition) is 1. The molecule has 2 aliphatic heterocycles. The van der Waals surface area contributed by atoms with Crippen LogP contribution in [0.25, 0.3) is 10.9 Å². The first-order valence-corrected chi connectivity index (χ1v) is 13.8. The number of tetrazole rings is 1. The van der Waals surface area contributed by atoms with Gasteiger partial charge in [0.05, 0.1) is 23.7 Å². The number of fused-ring (bicyclic) bond motifs is 2. The molecule has 3 aromatic rings. The number of rotatable bonds is 8. The summed E-state index contributed by atoms with van der Waals surface area (Å²) in [7, 11) is 0. The maximum absolute atomic E-state index is 13.3. The van der Waals surface area contributed by atoms with Crippen LogP contribution in [0.5, 0.6) is 11.5 Å². The normalized spacial score (nSPS) is 21.1. The van der Waals surface area contributed by atoms with Gasteiger partial charge in [0, 0.05) is 36.7 Å². The van der Waals surface area contributed by atoms with Gasteiger partial charge in [0.2, 0.25) is 0 Å². The van der Waals surface area contributed by atoms with Crippen molar-refractivity contribution in [3.63, 3.8) is 0 Å². The molecular formula is C27H36N6O4. The number of nitrogens with one attached hydrogen (secondary N) is 1. The van der Waals surface area contributed by atoms with Gasteiger partial charge < -0.3 is 19.2 Å². The van der Waals surface area contributed by atoms with Crippen molar-refractivity contribution in [1.29, 1.82) is 0 Å². The molecule has 1 saturated carbocycles. The fourth-order valence-electron chi connectivity index (χ4n) is 6.09. The van der Waals surface area contributed by atoms with Gasteiger partial charge in [0.15, 0.2) is 17.3 Å². The third-order valence-corrected chi connectivity index (χ3v) is 7.98. The Bertz CT molecular complexity index is 1280. The summed E-state index contributed by atoms with van der Waals surface area (Å²) in [5.41, 5.74) is 1.36. The second-order valence-corrected chi connectivity index (χ2v) is 10.5. The van der Waals surface area contributed by atoms with Crippen molar-refractivity contribution < 1.29 is 14.2 Å². The Morgan fingerprint density at radius 2 is 1.86 bits per heavy atom. The minimum atomic E-state index is -0.0942. The van der Waals surface area contributed by atoms with Crippen molar-refractivity contribution in [2.24, 2.45) is 0 Å². The van der Waals surface area contributed by atoms with E-state index in [1.165, 1.54) is 19.3 Å². The summed E-state index contributed by atoms with van der Waals surface area (Å²) in [6.45, 7) is 5.21. The molecule has 1 aromatic carbocycles. The molecule has 2 atom stereocenters. The van der Waals surface area contributed by atoms with E-state index in [-0.39, 0.29) is 17.7 Å². The Morgan fingerprint density at radius 3 is 2.62 bits per heavy atom. The highest BCUT2D eigenvalue weighted by Gasteiger charge is 2.31. The van der Waals surface area contributed by atoms with Crippen LogP contribution in [0.1, 0.15) is 81.8 Å². The molecule has 1 aliphatic carbocycles. The monoisotopic (exact) mass is 508 g/mol. The Morgan fingerprint density at radius 1 is 1.05 bits per heavy atom. The second kappa shape index (κ2) is 10.8.